The molecule has 0 radical (unpaired) electrons. The fraction of sp³-hybridized carbons (Fsp3) is 0.632. The number of hydrogen-bond acceptors (Lipinski definition) is 1. The summed E-state index contributed by atoms with van der Waals surface area (Å²) in [5.74, 6) is 0.795. The van der Waals surface area contributed by atoms with Gasteiger partial charge in [-0.15, -0.1) is 0 Å². The lowest BCUT2D eigenvalue weighted by Gasteiger charge is -2.65. The quantitative estimate of drug-likeness (QED) is 0.826. The second kappa shape index (κ2) is 4.50. The molecule has 4 aliphatic rings. The van der Waals surface area contributed by atoms with E-state index in [9.17, 15) is 4.79 Å². The number of nitrogens with one attached hydrogen (secondary N) is 2. The van der Waals surface area contributed by atoms with Crippen LogP contribution in [0.2, 0.25) is 0 Å². The summed E-state index contributed by atoms with van der Waals surface area (Å²) in [7, 11) is 0. The van der Waals surface area contributed by atoms with Crippen molar-refractivity contribution >= 4 is 11.7 Å². The third kappa shape index (κ3) is 2.41. The van der Waals surface area contributed by atoms with Gasteiger partial charge in [0.1, 0.15) is 0 Å². The van der Waals surface area contributed by atoms with Crippen LogP contribution < -0.4 is 10.6 Å². The first kappa shape index (κ1) is 14.1. The van der Waals surface area contributed by atoms with E-state index in [1.807, 2.05) is 30.3 Å². The second-order valence-electron chi connectivity index (χ2n) is 8.86. The molecule has 0 unspecified atom stereocenters. The zero-order chi connectivity index (χ0) is 15.4. The topological polar surface area (TPSA) is 41.1 Å². The normalized spacial score (nSPS) is 42.2. The van der Waals surface area contributed by atoms with E-state index in [2.05, 4.69) is 24.5 Å². The lowest BCUT2D eigenvalue weighted by atomic mass is 9.43. The van der Waals surface area contributed by atoms with Crippen molar-refractivity contribution in [2.45, 2.75) is 57.9 Å². The van der Waals surface area contributed by atoms with E-state index in [-0.39, 0.29) is 11.6 Å². The van der Waals surface area contributed by atoms with E-state index in [0.29, 0.717) is 10.8 Å². The Hall–Kier alpha value is -1.51. The van der Waals surface area contributed by atoms with Gasteiger partial charge in [0.05, 0.1) is 0 Å². The molecule has 0 spiro atoms. The number of amides is 2. The smallest absolute Gasteiger partial charge is 0.319 e. The summed E-state index contributed by atoms with van der Waals surface area (Å²) in [6.07, 6.45) is 7.50. The van der Waals surface area contributed by atoms with Crippen molar-refractivity contribution in [2.24, 2.45) is 16.7 Å². The highest BCUT2D eigenvalue weighted by Crippen LogP contribution is 2.66. The molecule has 2 atom stereocenters. The summed E-state index contributed by atoms with van der Waals surface area (Å²) >= 11 is 0. The zero-order valence-electron chi connectivity index (χ0n) is 13.6. The molecule has 118 valence electrons. The Morgan fingerprint density at radius 3 is 2.23 bits per heavy atom. The summed E-state index contributed by atoms with van der Waals surface area (Å²) in [5, 5.41) is 6.37. The Labute approximate surface area is 132 Å². The number of carbonyl (C=O) groups is 1. The summed E-state index contributed by atoms with van der Waals surface area (Å²) in [4.78, 5) is 12.5. The molecule has 4 fully saturated rings. The van der Waals surface area contributed by atoms with Crippen LogP contribution in [0.1, 0.15) is 52.4 Å². The number of hydrogen-bond donors (Lipinski definition) is 2. The van der Waals surface area contributed by atoms with Gasteiger partial charge >= 0.3 is 6.03 Å². The lowest BCUT2D eigenvalue weighted by Crippen LogP contribution is -2.65. The van der Waals surface area contributed by atoms with Crippen molar-refractivity contribution in [3.8, 4) is 0 Å². The van der Waals surface area contributed by atoms with Gasteiger partial charge in [-0.3, -0.25) is 0 Å². The van der Waals surface area contributed by atoms with Crippen LogP contribution >= 0.6 is 0 Å². The van der Waals surface area contributed by atoms with Gasteiger partial charge < -0.3 is 10.6 Å². The van der Waals surface area contributed by atoms with Crippen LogP contribution in [0.25, 0.3) is 0 Å². The largest absolute Gasteiger partial charge is 0.332 e. The predicted molar refractivity (Wildman–Crippen MR) is 88.7 cm³/mol. The van der Waals surface area contributed by atoms with E-state index in [0.717, 1.165) is 24.4 Å². The molecule has 4 bridgehead atoms. The minimum Gasteiger partial charge on any atom is -0.332 e. The maximum Gasteiger partial charge on any atom is 0.319 e. The maximum atomic E-state index is 12.5. The Morgan fingerprint density at radius 2 is 1.64 bits per heavy atom. The van der Waals surface area contributed by atoms with Crippen LogP contribution in [0, 0.1) is 16.7 Å². The van der Waals surface area contributed by atoms with Gasteiger partial charge in [-0.1, -0.05) is 32.0 Å². The third-order valence-electron chi connectivity index (χ3n) is 6.04. The van der Waals surface area contributed by atoms with E-state index < -0.39 is 0 Å². The molecule has 0 aliphatic heterocycles. The number of benzene rings is 1. The number of rotatable bonds is 2. The standard InChI is InChI=1S/C19H26N2O/c1-17-8-14-9-18(2,11-17)13-19(10-14,12-17)21-16(22)20-15-6-4-3-5-7-15/h3-7,14H,8-13H2,1-2H3,(H2,20,21,22)/t14?,17-,18-,19?/m0/s1. The molecule has 2 N–H and O–H groups in total. The Balaban J connectivity index is 1.51. The first-order valence-corrected chi connectivity index (χ1v) is 8.52. The van der Waals surface area contributed by atoms with Gasteiger partial charge in [0, 0.05) is 11.2 Å². The van der Waals surface area contributed by atoms with Crippen LogP contribution in [0.15, 0.2) is 30.3 Å². The lowest BCUT2D eigenvalue weighted by molar-refractivity contribution is -0.113. The SMILES string of the molecule is C[C@@]12CC3CC(NC(=O)Nc4ccccc4)(C1)C[C@@](C)(C3)C2. The molecule has 3 nitrogen and oxygen atoms in total. The third-order valence-corrected chi connectivity index (χ3v) is 6.04. The fourth-order valence-electron chi connectivity index (χ4n) is 6.51. The minimum absolute atomic E-state index is 0.0157. The van der Waals surface area contributed by atoms with Gasteiger partial charge in [-0.25, -0.2) is 4.79 Å². The molecule has 2 amide bonds. The van der Waals surface area contributed by atoms with E-state index >= 15 is 0 Å². The maximum absolute atomic E-state index is 12.5. The number of para-hydroxylation sites is 1. The Kier molecular flexibility index (Phi) is 2.88. The molecule has 5 rings (SSSR count). The van der Waals surface area contributed by atoms with Gasteiger partial charge in [-0.05, 0) is 67.4 Å². The first-order valence-electron chi connectivity index (χ1n) is 8.52. The minimum atomic E-state index is -0.0413. The van der Waals surface area contributed by atoms with Crippen molar-refractivity contribution in [1.29, 1.82) is 0 Å². The average molecular weight is 298 g/mol. The van der Waals surface area contributed by atoms with Crippen LogP contribution in [-0.4, -0.2) is 11.6 Å². The molecule has 22 heavy (non-hydrogen) atoms. The molecule has 1 aromatic rings. The van der Waals surface area contributed by atoms with Crippen molar-refractivity contribution < 1.29 is 4.79 Å². The molecular weight excluding hydrogens is 272 g/mol. The van der Waals surface area contributed by atoms with Gasteiger partial charge in [0.2, 0.25) is 0 Å². The van der Waals surface area contributed by atoms with E-state index in [1.165, 1.54) is 25.7 Å². The van der Waals surface area contributed by atoms with Crippen molar-refractivity contribution in [3.05, 3.63) is 30.3 Å². The summed E-state index contributed by atoms with van der Waals surface area (Å²) in [6, 6.07) is 9.68. The molecule has 1 aromatic carbocycles. The predicted octanol–water partition coefficient (Wildman–Crippen LogP) is 4.56. The molecule has 0 saturated heterocycles. The van der Waals surface area contributed by atoms with Crippen LogP contribution in [0.4, 0.5) is 10.5 Å². The average Bonchev–Trinajstić information content (AvgIpc) is 2.34. The summed E-state index contributed by atoms with van der Waals surface area (Å²) in [5.41, 5.74) is 1.73. The molecule has 0 aromatic heterocycles. The van der Waals surface area contributed by atoms with E-state index in [4.69, 9.17) is 0 Å². The molecular formula is C19H26N2O. The Bertz CT molecular complexity index is 579. The summed E-state index contributed by atoms with van der Waals surface area (Å²) < 4.78 is 0. The number of anilines is 1. The molecule has 4 aliphatic carbocycles. The van der Waals surface area contributed by atoms with Crippen LogP contribution in [0.3, 0.4) is 0 Å². The van der Waals surface area contributed by atoms with Crippen molar-refractivity contribution in [2.75, 3.05) is 5.32 Å². The van der Waals surface area contributed by atoms with E-state index in [1.54, 1.807) is 0 Å². The van der Waals surface area contributed by atoms with Gasteiger partial charge in [0.25, 0.3) is 0 Å². The van der Waals surface area contributed by atoms with Crippen molar-refractivity contribution in [3.63, 3.8) is 0 Å². The van der Waals surface area contributed by atoms with Gasteiger partial charge in [0.15, 0.2) is 0 Å². The second-order valence-corrected chi connectivity index (χ2v) is 8.86. The highest BCUT2D eigenvalue weighted by molar-refractivity contribution is 5.89. The highest BCUT2D eigenvalue weighted by atomic mass is 16.2. The van der Waals surface area contributed by atoms with Crippen molar-refractivity contribution in [1.82, 2.24) is 5.32 Å². The zero-order valence-corrected chi connectivity index (χ0v) is 13.6. The fourth-order valence-corrected chi connectivity index (χ4v) is 6.51. The first-order chi connectivity index (χ1) is 10.4. The number of carbonyl (C=O) groups excluding carboxylic acids is 1. The van der Waals surface area contributed by atoms with Crippen LogP contribution in [-0.2, 0) is 0 Å². The monoisotopic (exact) mass is 298 g/mol. The molecule has 0 heterocycles. The van der Waals surface area contributed by atoms with Crippen LogP contribution in [0.5, 0.6) is 0 Å². The summed E-state index contributed by atoms with van der Waals surface area (Å²) in [6.45, 7) is 4.86. The van der Waals surface area contributed by atoms with Gasteiger partial charge in [-0.2, -0.15) is 0 Å². The Morgan fingerprint density at radius 1 is 1.00 bits per heavy atom. The molecule has 3 heteroatoms. The molecule has 4 saturated carbocycles. The number of urea groups is 1. The highest BCUT2D eigenvalue weighted by Gasteiger charge is 2.60.